The fraction of sp³-hybridized carbons (Fsp3) is 0.692. The van der Waals surface area contributed by atoms with E-state index in [1.807, 2.05) is 0 Å². The van der Waals surface area contributed by atoms with Crippen LogP contribution in [-0.4, -0.2) is 18.9 Å². The normalized spacial score (nSPS) is 9.75. The van der Waals surface area contributed by atoms with E-state index in [0.29, 0.717) is 19.4 Å². The highest BCUT2D eigenvalue weighted by Gasteiger charge is 2.00. The molecule has 0 saturated heterocycles. The average Bonchev–Trinajstić information content (AvgIpc) is 2.30. The van der Waals surface area contributed by atoms with Crippen molar-refractivity contribution in [3.63, 3.8) is 0 Å². The van der Waals surface area contributed by atoms with Crippen LogP contribution in [0.4, 0.5) is 0 Å². The molecule has 16 heavy (non-hydrogen) atoms. The maximum absolute atomic E-state index is 11.1. The third-order valence-electron chi connectivity index (χ3n) is 2.32. The molecule has 0 atom stereocenters. The highest BCUT2D eigenvalue weighted by atomic mass is 16.5. The zero-order chi connectivity index (χ0) is 12.1. The molecule has 0 saturated carbocycles. The van der Waals surface area contributed by atoms with Gasteiger partial charge < -0.3 is 9.53 Å². The van der Waals surface area contributed by atoms with Crippen molar-refractivity contribution < 1.29 is 14.3 Å². The summed E-state index contributed by atoms with van der Waals surface area (Å²) in [4.78, 5) is 21.1. The maximum atomic E-state index is 11.1. The summed E-state index contributed by atoms with van der Waals surface area (Å²) in [5, 5.41) is 0. The highest BCUT2D eigenvalue weighted by molar-refractivity contribution is 5.69. The largest absolute Gasteiger partial charge is 0.461 e. The number of rotatable bonds is 11. The van der Waals surface area contributed by atoms with E-state index >= 15 is 0 Å². The van der Waals surface area contributed by atoms with E-state index < -0.39 is 0 Å². The molecule has 0 fully saturated rings. The second-order valence-electron chi connectivity index (χ2n) is 3.80. The van der Waals surface area contributed by atoms with Crippen molar-refractivity contribution in [1.29, 1.82) is 0 Å². The van der Waals surface area contributed by atoms with Crippen LogP contribution in [0.15, 0.2) is 12.7 Å². The summed E-state index contributed by atoms with van der Waals surface area (Å²) >= 11 is 0. The predicted molar refractivity (Wildman–Crippen MR) is 64.2 cm³/mol. The number of carbonyl (C=O) groups excluding carboxylic acids is 2. The van der Waals surface area contributed by atoms with Crippen molar-refractivity contribution in [2.75, 3.05) is 6.61 Å². The van der Waals surface area contributed by atoms with Crippen LogP contribution in [0.5, 0.6) is 0 Å². The monoisotopic (exact) mass is 226 g/mol. The van der Waals surface area contributed by atoms with Crippen LogP contribution in [0, 0.1) is 0 Å². The van der Waals surface area contributed by atoms with Gasteiger partial charge in [0.2, 0.25) is 0 Å². The third-order valence-corrected chi connectivity index (χ3v) is 2.32. The average molecular weight is 226 g/mol. The molecular formula is C13H22O3. The van der Waals surface area contributed by atoms with Crippen molar-refractivity contribution in [2.45, 2.75) is 51.4 Å². The van der Waals surface area contributed by atoms with E-state index in [1.165, 1.54) is 0 Å². The van der Waals surface area contributed by atoms with Crippen LogP contribution >= 0.6 is 0 Å². The lowest BCUT2D eigenvalue weighted by Gasteiger charge is -2.02. The van der Waals surface area contributed by atoms with Gasteiger partial charge in [-0.2, -0.15) is 0 Å². The van der Waals surface area contributed by atoms with Gasteiger partial charge in [0.1, 0.15) is 12.9 Å². The van der Waals surface area contributed by atoms with Gasteiger partial charge in [0.05, 0.1) is 0 Å². The Morgan fingerprint density at radius 2 is 1.69 bits per heavy atom. The first-order valence-electron chi connectivity index (χ1n) is 6.01. The molecule has 0 aliphatic rings. The lowest BCUT2D eigenvalue weighted by molar-refractivity contribution is -0.142. The molecule has 0 N–H and O–H groups in total. The Kier molecular flexibility index (Phi) is 11.1. The molecule has 92 valence electrons. The van der Waals surface area contributed by atoms with Crippen molar-refractivity contribution in [3.8, 4) is 0 Å². The number of aldehydes is 1. The standard InChI is InChI=1S/C13H22O3/c1-2-12-16-13(15)10-8-6-4-3-5-7-9-11-14/h2,11H,1,3-10,12H2. The molecule has 0 aliphatic heterocycles. The van der Waals surface area contributed by atoms with Crippen LogP contribution in [-0.2, 0) is 14.3 Å². The molecule has 0 heterocycles. The second kappa shape index (κ2) is 12.0. The molecule has 3 heteroatoms. The first kappa shape index (κ1) is 14.9. The summed E-state index contributed by atoms with van der Waals surface area (Å²) in [5.74, 6) is -0.138. The van der Waals surface area contributed by atoms with E-state index in [2.05, 4.69) is 6.58 Å². The van der Waals surface area contributed by atoms with E-state index in [1.54, 1.807) is 6.08 Å². The van der Waals surface area contributed by atoms with Crippen molar-refractivity contribution >= 4 is 12.3 Å². The van der Waals surface area contributed by atoms with Gasteiger partial charge in [-0.3, -0.25) is 4.79 Å². The van der Waals surface area contributed by atoms with Crippen LogP contribution in [0.3, 0.4) is 0 Å². The maximum Gasteiger partial charge on any atom is 0.306 e. The minimum Gasteiger partial charge on any atom is -0.461 e. The van der Waals surface area contributed by atoms with Gasteiger partial charge in [0, 0.05) is 12.8 Å². The Labute approximate surface area is 97.9 Å². The van der Waals surface area contributed by atoms with Gasteiger partial charge in [-0.25, -0.2) is 0 Å². The summed E-state index contributed by atoms with van der Waals surface area (Å²) in [5.41, 5.74) is 0. The van der Waals surface area contributed by atoms with Crippen molar-refractivity contribution in [3.05, 3.63) is 12.7 Å². The first-order chi connectivity index (χ1) is 7.81. The number of unbranched alkanes of at least 4 members (excludes halogenated alkanes) is 6. The zero-order valence-corrected chi connectivity index (χ0v) is 9.95. The summed E-state index contributed by atoms with van der Waals surface area (Å²) in [6.07, 6.45) is 10.1. The van der Waals surface area contributed by atoms with Gasteiger partial charge >= 0.3 is 5.97 Å². The first-order valence-corrected chi connectivity index (χ1v) is 6.01. The summed E-state index contributed by atoms with van der Waals surface area (Å²) < 4.78 is 4.85. The number of hydrogen-bond donors (Lipinski definition) is 0. The molecule has 0 amide bonds. The number of carbonyl (C=O) groups is 2. The molecule has 0 bridgehead atoms. The van der Waals surface area contributed by atoms with Crippen LogP contribution < -0.4 is 0 Å². The van der Waals surface area contributed by atoms with Gasteiger partial charge in [0.15, 0.2) is 0 Å². The highest BCUT2D eigenvalue weighted by Crippen LogP contribution is 2.08. The van der Waals surface area contributed by atoms with Crippen LogP contribution in [0.2, 0.25) is 0 Å². The molecule has 0 aliphatic carbocycles. The Balaban J connectivity index is 3.11. The van der Waals surface area contributed by atoms with E-state index in [4.69, 9.17) is 4.74 Å². The molecule has 0 rings (SSSR count). The van der Waals surface area contributed by atoms with Crippen LogP contribution in [0.1, 0.15) is 51.4 Å². The third kappa shape index (κ3) is 11.0. The molecule has 0 aromatic heterocycles. The Hall–Kier alpha value is -1.12. The topological polar surface area (TPSA) is 43.4 Å². The zero-order valence-electron chi connectivity index (χ0n) is 9.95. The summed E-state index contributed by atoms with van der Waals surface area (Å²) in [6, 6.07) is 0. The van der Waals surface area contributed by atoms with Gasteiger partial charge in [-0.1, -0.05) is 38.3 Å². The number of esters is 1. The lowest BCUT2D eigenvalue weighted by atomic mass is 10.1. The Morgan fingerprint density at radius 1 is 1.06 bits per heavy atom. The lowest BCUT2D eigenvalue weighted by Crippen LogP contribution is -2.03. The molecule has 0 aromatic carbocycles. The van der Waals surface area contributed by atoms with Crippen molar-refractivity contribution in [2.24, 2.45) is 0 Å². The fourth-order valence-corrected chi connectivity index (χ4v) is 1.43. The minimum atomic E-state index is -0.138. The van der Waals surface area contributed by atoms with Gasteiger partial charge in [0.25, 0.3) is 0 Å². The predicted octanol–water partition coefficient (Wildman–Crippen LogP) is 3.04. The van der Waals surface area contributed by atoms with E-state index in [0.717, 1.165) is 44.8 Å². The Morgan fingerprint density at radius 3 is 2.31 bits per heavy atom. The number of ether oxygens (including phenoxy) is 1. The van der Waals surface area contributed by atoms with Gasteiger partial charge in [-0.15, -0.1) is 0 Å². The minimum absolute atomic E-state index is 0.138. The van der Waals surface area contributed by atoms with Crippen molar-refractivity contribution in [1.82, 2.24) is 0 Å². The molecule has 0 radical (unpaired) electrons. The molecule has 0 spiro atoms. The smallest absolute Gasteiger partial charge is 0.306 e. The Bertz CT molecular complexity index is 199. The molecule has 0 aromatic rings. The molecule has 3 nitrogen and oxygen atoms in total. The van der Waals surface area contributed by atoms with Crippen LogP contribution in [0.25, 0.3) is 0 Å². The van der Waals surface area contributed by atoms with E-state index in [9.17, 15) is 9.59 Å². The van der Waals surface area contributed by atoms with Gasteiger partial charge in [-0.05, 0) is 12.8 Å². The SMILES string of the molecule is C=CCOC(=O)CCCCCCCCC=O. The summed E-state index contributed by atoms with van der Waals surface area (Å²) in [6.45, 7) is 3.79. The quantitative estimate of drug-likeness (QED) is 0.235. The molecule has 0 unspecified atom stereocenters. The second-order valence-corrected chi connectivity index (χ2v) is 3.80. The van der Waals surface area contributed by atoms with E-state index in [-0.39, 0.29) is 5.97 Å². The summed E-state index contributed by atoms with van der Waals surface area (Å²) in [7, 11) is 0. The number of hydrogen-bond acceptors (Lipinski definition) is 3. The fourth-order valence-electron chi connectivity index (χ4n) is 1.43. The molecular weight excluding hydrogens is 204 g/mol.